The first-order valence-corrected chi connectivity index (χ1v) is 8.39. The number of anilines is 1. The molecule has 0 radical (unpaired) electrons. The zero-order valence-corrected chi connectivity index (χ0v) is 15.0. The summed E-state index contributed by atoms with van der Waals surface area (Å²) in [7, 11) is 1.59. The minimum Gasteiger partial charge on any atom is -0.497 e. The summed E-state index contributed by atoms with van der Waals surface area (Å²) in [6, 6.07) is 14.1. The first-order valence-electron chi connectivity index (χ1n) is 8.39. The van der Waals surface area contributed by atoms with Crippen molar-refractivity contribution in [2.75, 3.05) is 19.0 Å². The third-order valence-electron chi connectivity index (χ3n) is 3.68. The van der Waals surface area contributed by atoms with Gasteiger partial charge in [-0.25, -0.2) is 4.79 Å². The van der Waals surface area contributed by atoms with E-state index in [1.807, 2.05) is 31.2 Å². The molecule has 2 N–H and O–H groups in total. The van der Waals surface area contributed by atoms with Gasteiger partial charge in [-0.1, -0.05) is 0 Å². The van der Waals surface area contributed by atoms with E-state index in [1.165, 1.54) is 0 Å². The van der Waals surface area contributed by atoms with Crippen LogP contribution in [0.1, 0.15) is 12.7 Å². The van der Waals surface area contributed by atoms with Gasteiger partial charge in [-0.05, 0) is 65.9 Å². The van der Waals surface area contributed by atoms with Gasteiger partial charge in [0.1, 0.15) is 11.5 Å². The molecule has 27 heavy (non-hydrogen) atoms. The molecule has 0 aliphatic rings. The van der Waals surface area contributed by atoms with E-state index in [0.29, 0.717) is 18.1 Å². The van der Waals surface area contributed by atoms with Crippen molar-refractivity contribution in [3.63, 3.8) is 0 Å². The molecule has 140 valence electrons. The molecule has 0 bridgehead atoms. The zero-order chi connectivity index (χ0) is 19.1. The number of tetrazole rings is 1. The van der Waals surface area contributed by atoms with Gasteiger partial charge in [0.2, 0.25) is 0 Å². The number of hydrogen-bond donors (Lipinski definition) is 2. The Hall–Kier alpha value is -3.62. The van der Waals surface area contributed by atoms with Gasteiger partial charge in [0.25, 0.3) is 0 Å². The number of rotatable bonds is 7. The zero-order valence-electron chi connectivity index (χ0n) is 15.0. The van der Waals surface area contributed by atoms with Gasteiger partial charge in [-0.3, -0.25) is 0 Å². The normalized spacial score (nSPS) is 10.3. The van der Waals surface area contributed by atoms with Crippen LogP contribution in [-0.4, -0.2) is 40.0 Å². The van der Waals surface area contributed by atoms with Crippen LogP contribution in [0.4, 0.5) is 10.5 Å². The van der Waals surface area contributed by atoms with E-state index in [2.05, 4.69) is 26.2 Å². The number of methoxy groups -OCH3 is 1. The average Bonchev–Trinajstić information content (AvgIpc) is 3.16. The number of benzene rings is 2. The van der Waals surface area contributed by atoms with E-state index in [9.17, 15) is 4.79 Å². The molecule has 0 saturated heterocycles. The molecule has 9 heteroatoms. The van der Waals surface area contributed by atoms with Crippen LogP contribution in [0, 0.1) is 0 Å². The number of aromatic nitrogens is 4. The molecule has 3 rings (SSSR count). The van der Waals surface area contributed by atoms with Crippen LogP contribution in [-0.2, 0) is 6.54 Å². The van der Waals surface area contributed by atoms with Gasteiger partial charge >= 0.3 is 6.03 Å². The second-order valence-corrected chi connectivity index (χ2v) is 5.47. The predicted molar refractivity (Wildman–Crippen MR) is 99.2 cm³/mol. The van der Waals surface area contributed by atoms with Gasteiger partial charge in [0.05, 0.1) is 25.9 Å². The lowest BCUT2D eigenvalue weighted by atomic mass is 10.3. The Morgan fingerprint density at radius 2 is 1.78 bits per heavy atom. The van der Waals surface area contributed by atoms with Crippen molar-refractivity contribution in [3.8, 4) is 17.2 Å². The fourth-order valence-corrected chi connectivity index (χ4v) is 2.38. The molecule has 0 fully saturated rings. The molecule has 0 aliphatic heterocycles. The highest BCUT2D eigenvalue weighted by molar-refractivity contribution is 5.89. The summed E-state index contributed by atoms with van der Waals surface area (Å²) in [6.07, 6.45) is 0. The summed E-state index contributed by atoms with van der Waals surface area (Å²) < 4.78 is 12.1. The quantitative estimate of drug-likeness (QED) is 0.664. The third kappa shape index (κ3) is 4.72. The average molecular weight is 368 g/mol. The number of carbonyl (C=O) groups is 1. The second-order valence-electron chi connectivity index (χ2n) is 5.47. The molecular formula is C18H20N6O3. The molecule has 1 heterocycles. The van der Waals surface area contributed by atoms with Gasteiger partial charge in [0.15, 0.2) is 5.82 Å². The van der Waals surface area contributed by atoms with Crippen molar-refractivity contribution in [2.45, 2.75) is 13.5 Å². The number of carbonyl (C=O) groups excluding carboxylic acids is 1. The number of amides is 2. The molecule has 1 aromatic heterocycles. The minimum atomic E-state index is -0.360. The van der Waals surface area contributed by atoms with Crippen molar-refractivity contribution >= 4 is 11.7 Å². The monoisotopic (exact) mass is 368 g/mol. The van der Waals surface area contributed by atoms with Crippen molar-refractivity contribution < 1.29 is 14.3 Å². The van der Waals surface area contributed by atoms with E-state index in [4.69, 9.17) is 9.47 Å². The molecule has 0 spiro atoms. The van der Waals surface area contributed by atoms with E-state index in [1.54, 1.807) is 36.1 Å². The molecular weight excluding hydrogens is 348 g/mol. The van der Waals surface area contributed by atoms with Crippen molar-refractivity contribution in [1.29, 1.82) is 0 Å². The topological polar surface area (TPSA) is 103 Å². The highest BCUT2D eigenvalue weighted by atomic mass is 16.5. The third-order valence-corrected chi connectivity index (χ3v) is 3.68. The van der Waals surface area contributed by atoms with Crippen molar-refractivity contribution in [1.82, 2.24) is 25.5 Å². The lowest BCUT2D eigenvalue weighted by Gasteiger charge is -2.09. The maximum Gasteiger partial charge on any atom is 0.319 e. The Labute approximate surface area is 156 Å². The Balaban J connectivity index is 1.59. The number of urea groups is 1. The van der Waals surface area contributed by atoms with Crippen LogP contribution >= 0.6 is 0 Å². The van der Waals surface area contributed by atoms with Crippen molar-refractivity contribution in [2.24, 2.45) is 0 Å². The van der Waals surface area contributed by atoms with E-state index in [0.717, 1.165) is 17.2 Å². The molecule has 2 amide bonds. The smallest absolute Gasteiger partial charge is 0.319 e. The maximum atomic E-state index is 12.1. The van der Waals surface area contributed by atoms with Crippen LogP contribution in [0.25, 0.3) is 5.69 Å². The Bertz CT molecular complexity index is 877. The van der Waals surface area contributed by atoms with Gasteiger partial charge in [-0.2, -0.15) is 4.68 Å². The first kappa shape index (κ1) is 18.2. The molecule has 3 aromatic rings. The number of ether oxygens (including phenoxy) is 2. The van der Waals surface area contributed by atoms with Gasteiger partial charge < -0.3 is 20.1 Å². The number of hydrogen-bond acceptors (Lipinski definition) is 6. The largest absolute Gasteiger partial charge is 0.497 e. The summed E-state index contributed by atoms with van der Waals surface area (Å²) in [6.45, 7) is 2.70. The number of nitrogens with zero attached hydrogens (tertiary/aromatic N) is 4. The first-order chi connectivity index (χ1) is 13.2. The van der Waals surface area contributed by atoms with Crippen LogP contribution < -0.4 is 20.1 Å². The lowest BCUT2D eigenvalue weighted by Crippen LogP contribution is -2.29. The molecule has 0 unspecified atom stereocenters. The second kappa shape index (κ2) is 8.65. The summed E-state index contributed by atoms with van der Waals surface area (Å²) in [4.78, 5) is 12.1. The fraction of sp³-hybridized carbons (Fsp3) is 0.222. The van der Waals surface area contributed by atoms with Crippen molar-refractivity contribution in [3.05, 3.63) is 54.4 Å². The Morgan fingerprint density at radius 3 is 2.44 bits per heavy atom. The lowest BCUT2D eigenvalue weighted by molar-refractivity contribution is 0.251. The summed E-state index contributed by atoms with van der Waals surface area (Å²) in [5.41, 5.74) is 1.43. The van der Waals surface area contributed by atoms with Crippen LogP contribution in [0.3, 0.4) is 0 Å². The van der Waals surface area contributed by atoms with Gasteiger partial charge in [0, 0.05) is 5.69 Å². The maximum absolute atomic E-state index is 12.1. The Kier molecular flexibility index (Phi) is 5.83. The molecule has 9 nitrogen and oxygen atoms in total. The van der Waals surface area contributed by atoms with E-state index >= 15 is 0 Å². The standard InChI is InChI=1S/C18H20N6O3/c1-3-27-16-10-6-14(7-11-16)24-17(21-22-23-24)12-19-18(25)20-13-4-8-15(26-2)9-5-13/h4-11H,3,12H2,1-2H3,(H2,19,20,25). The summed E-state index contributed by atoms with van der Waals surface area (Å²) in [5, 5.41) is 17.1. The molecule has 2 aromatic carbocycles. The van der Waals surface area contributed by atoms with E-state index < -0.39 is 0 Å². The summed E-state index contributed by atoms with van der Waals surface area (Å²) in [5.74, 6) is 1.99. The minimum absolute atomic E-state index is 0.169. The van der Waals surface area contributed by atoms with E-state index in [-0.39, 0.29) is 12.6 Å². The highest BCUT2D eigenvalue weighted by Gasteiger charge is 2.10. The van der Waals surface area contributed by atoms with Crippen LogP contribution in [0.15, 0.2) is 48.5 Å². The highest BCUT2D eigenvalue weighted by Crippen LogP contribution is 2.16. The SMILES string of the molecule is CCOc1ccc(-n2nnnc2CNC(=O)Nc2ccc(OC)cc2)cc1. The Morgan fingerprint density at radius 1 is 1.07 bits per heavy atom. The number of nitrogens with one attached hydrogen (secondary N) is 2. The molecule has 0 saturated carbocycles. The summed E-state index contributed by atoms with van der Waals surface area (Å²) >= 11 is 0. The molecule has 0 aliphatic carbocycles. The van der Waals surface area contributed by atoms with Crippen LogP contribution in [0.2, 0.25) is 0 Å². The molecule has 0 atom stereocenters. The predicted octanol–water partition coefficient (Wildman–Crippen LogP) is 2.39. The van der Waals surface area contributed by atoms with Gasteiger partial charge in [-0.15, -0.1) is 5.10 Å². The fourth-order valence-electron chi connectivity index (χ4n) is 2.38. The van der Waals surface area contributed by atoms with Crippen LogP contribution in [0.5, 0.6) is 11.5 Å².